The summed E-state index contributed by atoms with van der Waals surface area (Å²) in [6, 6.07) is 9.45. The van der Waals surface area contributed by atoms with Crippen molar-refractivity contribution in [3.63, 3.8) is 0 Å². The Hall–Kier alpha value is -1.75. The third-order valence-corrected chi connectivity index (χ3v) is 1.94. The van der Waals surface area contributed by atoms with Gasteiger partial charge in [0.05, 0.1) is 6.61 Å². The summed E-state index contributed by atoms with van der Waals surface area (Å²) in [5.74, 6) is 3.40. The van der Waals surface area contributed by atoms with Crippen LogP contribution in [-0.2, 0) is 4.79 Å². The quantitative estimate of drug-likeness (QED) is 0.662. The Kier molecular flexibility index (Phi) is 5.03. The maximum Gasteiger partial charge on any atom is 0.137 e. The minimum atomic E-state index is 0.156. The number of para-hydroxylation sites is 1. The number of hydrogen-bond donors (Lipinski definition) is 0. The van der Waals surface area contributed by atoms with Crippen LogP contribution in [0.25, 0.3) is 0 Å². The van der Waals surface area contributed by atoms with Gasteiger partial charge < -0.3 is 4.74 Å². The summed E-state index contributed by atoms with van der Waals surface area (Å²) in [5.41, 5.74) is 0. The average Bonchev–Trinajstić information content (AvgIpc) is 2.28. The normalized spacial score (nSPS) is 9.27. The summed E-state index contributed by atoms with van der Waals surface area (Å²) in [6.07, 6.45) is 6.46. The highest BCUT2D eigenvalue weighted by atomic mass is 16.5. The molecule has 2 nitrogen and oxygen atoms in total. The van der Waals surface area contributed by atoms with E-state index < -0.39 is 0 Å². The van der Waals surface area contributed by atoms with Gasteiger partial charge in [0.25, 0.3) is 0 Å². The molecule has 2 heteroatoms. The molecule has 1 aromatic carbocycles. The van der Waals surface area contributed by atoms with Crippen LogP contribution in [0.3, 0.4) is 0 Å². The second-order valence-electron chi connectivity index (χ2n) is 3.15. The van der Waals surface area contributed by atoms with Crippen LogP contribution in [-0.4, -0.2) is 12.4 Å². The van der Waals surface area contributed by atoms with Crippen molar-refractivity contribution >= 4 is 5.78 Å². The van der Waals surface area contributed by atoms with E-state index in [0.717, 1.165) is 5.75 Å². The second kappa shape index (κ2) is 6.67. The van der Waals surface area contributed by atoms with Gasteiger partial charge in [0, 0.05) is 19.3 Å². The van der Waals surface area contributed by atoms with Crippen molar-refractivity contribution in [3.8, 4) is 18.1 Å². The topological polar surface area (TPSA) is 26.3 Å². The van der Waals surface area contributed by atoms with E-state index in [9.17, 15) is 4.79 Å². The van der Waals surface area contributed by atoms with Crippen molar-refractivity contribution in [2.24, 2.45) is 0 Å². The van der Waals surface area contributed by atoms with E-state index in [1.54, 1.807) is 0 Å². The van der Waals surface area contributed by atoms with Crippen LogP contribution in [0.4, 0.5) is 0 Å². The van der Waals surface area contributed by atoms with Crippen molar-refractivity contribution in [3.05, 3.63) is 30.3 Å². The van der Waals surface area contributed by atoms with Gasteiger partial charge in [-0.05, 0) is 12.1 Å². The fraction of sp³-hybridized carbons (Fsp3) is 0.308. The van der Waals surface area contributed by atoms with Gasteiger partial charge in [-0.25, -0.2) is 0 Å². The highest BCUT2D eigenvalue weighted by Gasteiger charge is 2.00. The van der Waals surface area contributed by atoms with Crippen LogP contribution in [0.5, 0.6) is 5.75 Å². The molecule has 0 aliphatic heterocycles. The molecule has 0 fully saturated rings. The van der Waals surface area contributed by atoms with Crippen molar-refractivity contribution < 1.29 is 9.53 Å². The molecule has 0 spiro atoms. The van der Waals surface area contributed by atoms with Crippen LogP contribution in [0.1, 0.15) is 19.3 Å². The lowest BCUT2D eigenvalue weighted by Crippen LogP contribution is -2.05. The average molecular weight is 202 g/mol. The Morgan fingerprint density at radius 3 is 2.67 bits per heavy atom. The molecular weight excluding hydrogens is 188 g/mol. The summed E-state index contributed by atoms with van der Waals surface area (Å²) in [5, 5.41) is 0. The fourth-order valence-corrected chi connectivity index (χ4v) is 1.14. The third-order valence-electron chi connectivity index (χ3n) is 1.94. The van der Waals surface area contributed by atoms with Gasteiger partial charge in [-0.2, -0.15) is 0 Å². The Balaban J connectivity index is 2.17. The van der Waals surface area contributed by atoms with E-state index in [2.05, 4.69) is 5.92 Å². The molecule has 78 valence electrons. The molecule has 0 saturated heterocycles. The molecule has 0 radical (unpaired) electrons. The highest BCUT2D eigenvalue weighted by Crippen LogP contribution is 2.08. The molecule has 15 heavy (non-hydrogen) atoms. The fourth-order valence-electron chi connectivity index (χ4n) is 1.14. The molecule has 0 aliphatic rings. The number of terminal acetylenes is 1. The lowest BCUT2D eigenvalue weighted by atomic mass is 10.2. The molecule has 1 aromatic rings. The van der Waals surface area contributed by atoms with Crippen LogP contribution in [0, 0.1) is 12.3 Å². The van der Waals surface area contributed by atoms with E-state index in [-0.39, 0.29) is 5.78 Å². The number of carbonyl (C=O) groups is 1. The van der Waals surface area contributed by atoms with Crippen molar-refractivity contribution in [2.45, 2.75) is 19.3 Å². The summed E-state index contributed by atoms with van der Waals surface area (Å²) < 4.78 is 5.38. The third kappa shape index (κ3) is 4.87. The molecule has 0 heterocycles. The molecule has 0 aromatic heterocycles. The number of carbonyl (C=O) groups excluding carboxylic acids is 1. The zero-order valence-corrected chi connectivity index (χ0v) is 8.61. The second-order valence-corrected chi connectivity index (χ2v) is 3.15. The predicted molar refractivity (Wildman–Crippen MR) is 59.6 cm³/mol. The minimum absolute atomic E-state index is 0.156. The zero-order chi connectivity index (χ0) is 10.9. The molecule has 0 N–H and O–H groups in total. The van der Waals surface area contributed by atoms with Crippen LogP contribution >= 0.6 is 0 Å². The van der Waals surface area contributed by atoms with Gasteiger partial charge in [-0.3, -0.25) is 4.79 Å². The van der Waals surface area contributed by atoms with Gasteiger partial charge in [0.15, 0.2) is 0 Å². The molecule has 0 saturated carbocycles. The number of benzene rings is 1. The Morgan fingerprint density at radius 1 is 1.27 bits per heavy atom. The number of ketones is 1. The number of rotatable bonds is 6. The largest absolute Gasteiger partial charge is 0.493 e. The maximum absolute atomic E-state index is 11.2. The summed E-state index contributed by atoms with van der Waals surface area (Å²) >= 11 is 0. The number of Topliss-reactive ketones (excluding diaryl/α,β-unsaturated/α-hetero) is 1. The van der Waals surface area contributed by atoms with Gasteiger partial charge in [0.1, 0.15) is 11.5 Å². The predicted octanol–water partition coefficient (Wildman–Crippen LogP) is 2.44. The standard InChI is InChI=1S/C13H14O2/c1-2-3-7-12(14)10-11-15-13-8-5-4-6-9-13/h1,4-6,8-9H,3,7,10-11H2. The van der Waals surface area contributed by atoms with Crippen LogP contribution in [0.15, 0.2) is 30.3 Å². The molecule has 0 aliphatic carbocycles. The van der Waals surface area contributed by atoms with Gasteiger partial charge in [-0.1, -0.05) is 18.2 Å². The first-order chi connectivity index (χ1) is 7.33. The van der Waals surface area contributed by atoms with Gasteiger partial charge in [-0.15, -0.1) is 12.3 Å². The number of hydrogen-bond acceptors (Lipinski definition) is 2. The SMILES string of the molecule is C#CCCC(=O)CCOc1ccccc1. The Morgan fingerprint density at radius 2 is 2.00 bits per heavy atom. The first-order valence-electron chi connectivity index (χ1n) is 4.96. The van der Waals surface area contributed by atoms with Gasteiger partial charge in [0.2, 0.25) is 0 Å². The van der Waals surface area contributed by atoms with E-state index in [4.69, 9.17) is 11.2 Å². The summed E-state index contributed by atoms with van der Waals surface area (Å²) in [7, 11) is 0. The first kappa shape index (κ1) is 11.3. The van der Waals surface area contributed by atoms with Crippen LogP contribution in [0.2, 0.25) is 0 Å². The van der Waals surface area contributed by atoms with E-state index >= 15 is 0 Å². The zero-order valence-electron chi connectivity index (χ0n) is 8.61. The molecule has 0 unspecified atom stereocenters. The lowest BCUT2D eigenvalue weighted by Gasteiger charge is -2.04. The highest BCUT2D eigenvalue weighted by molar-refractivity contribution is 5.78. The molecule has 1 rings (SSSR count). The van der Waals surface area contributed by atoms with Gasteiger partial charge >= 0.3 is 0 Å². The molecular formula is C13H14O2. The first-order valence-corrected chi connectivity index (χ1v) is 4.96. The van der Waals surface area contributed by atoms with E-state index in [0.29, 0.717) is 25.9 Å². The van der Waals surface area contributed by atoms with E-state index in [1.807, 2.05) is 30.3 Å². The van der Waals surface area contributed by atoms with Crippen LogP contribution < -0.4 is 4.74 Å². The summed E-state index contributed by atoms with van der Waals surface area (Å²) in [6.45, 7) is 0.424. The molecule has 0 bridgehead atoms. The Bertz CT molecular complexity index is 335. The van der Waals surface area contributed by atoms with Crippen molar-refractivity contribution in [2.75, 3.05) is 6.61 Å². The molecule has 0 amide bonds. The lowest BCUT2D eigenvalue weighted by molar-refractivity contribution is -0.119. The maximum atomic E-state index is 11.2. The molecule has 0 atom stereocenters. The Labute approximate surface area is 90.3 Å². The van der Waals surface area contributed by atoms with Crippen molar-refractivity contribution in [1.82, 2.24) is 0 Å². The van der Waals surface area contributed by atoms with Crippen molar-refractivity contribution in [1.29, 1.82) is 0 Å². The monoisotopic (exact) mass is 202 g/mol. The van der Waals surface area contributed by atoms with E-state index in [1.165, 1.54) is 0 Å². The minimum Gasteiger partial charge on any atom is -0.493 e. The smallest absolute Gasteiger partial charge is 0.137 e. The summed E-state index contributed by atoms with van der Waals surface area (Å²) in [4.78, 5) is 11.2. The number of ether oxygens (including phenoxy) is 1.